The van der Waals surface area contributed by atoms with Crippen LogP contribution in [-0.2, 0) is 0 Å². The van der Waals surface area contributed by atoms with Gasteiger partial charge in [0, 0.05) is 24.2 Å². The third kappa shape index (κ3) is 2.49. The van der Waals surface area contributed by atoms with Gasteiger partial charge in [-0.3, -0.25) is 4.98 Å². The molecule has 2 N–H and O–H groups in total. The van der Waals surface area contributed by atoms with Crippen LogP contribution in [0.4, 0.5) is 0 Å². The van der Waals surface area contributed by atoms with Gasteiger partial charge in [-0.1, -0.05) is 6.07 Å². The summed E-state index contributed by atoms with van der Waals surface area (Å²) in [7, 11) is 0. The maximum atomic E-state index is 9.95. The van der Waals surface area contributed by atoms with Gasteiger partial charge in [0.1, 0.15) is 5.92 Å². The van der Waals surface area contributed by atoms with Gasteiger partial charge < -0.3 is 10.3 Å². The van der Waals surface area contributed by atoms with Gasteiger partial charge >= 0.3 is 0 Å². The smallest absolute Gasteiger partial charge is 0.190 e. The van der Waals surface area contributed by atoms with Crippen molar-refractivity contribution in [3.63, 3.8) is 0 Å². The van der Waals surface area contributed by atoms with Crippen molar-refractivity contribution in [1.82, 2.24) is 4.98 Å². The highest BCUT2D eigenvalue weighted by atomic mass is 15.2. The molecule has 130 valence electrons. The molecule has 2 heterocycles. The molecule has 1 fully saturated rings. The molecule has 0 amide bonds. The van der Waals surface area contributed by atoms with Gasteiger partial charge in [-0.2, -0.15) is 15.8 Å². The molecule has 0 saturated heterocycles. The lowest BCUT2D eigenvalue weighted by atomic mass is 9.54. The number of rotatable bonds is 2. The van der Waals surface area contributed by atoms with Crippen molar-refractivity contribution in [2.75, 3.05) is 13.1 Å². The Balaban J connectivity index is 2.23. The Morgan fingerprint density at radius 2 is 2.04 bits per heavy atom. The zero-order valence-corrected chi connectivity index (χ0v) is 14.9. The molecule has 3 rings (SSSR count). The normalized spacial score (nSPS) is 29.7. The first kappa shape index (κ1) is 17.8. The Hall–Kier alpha value is -3.01. The number of aromatic nitrogens is 1. The standard InChI is InChI=1S/C20H20N6/c1-13(2)26-7-5-15-16(8-21)19(24)20(11-22,12-23)18(17(15)10-26)14-4-3-6-25-9-14/h3-6,9,13,16-18,24H,7,10H2,1-2H3/p+1/t16?,17-,18-/m1/s1. The van der Waals surface area contributed by atoms with Gasteiger partial charge in [0.15, 0.2) is 5.41 Å². The summed E-state index contributed by atoms with van der Waals surface area (Å²) >= 11 is 0. The molecule has 4 atom stereocenters. The highest BCUT2D eigenvalue weighted by Gasteiger charge is 2.58. The van der Waals surface area contributed by atoms with Crippen LogP contribution in [-0.4, -0.2) is 29.8 Å². The number of hydrogen-bond donors (Lipinski definition) is 2. The quantitative estimate of drug-likeness (QED) is 0.785. The summed E-state index contributed by atoms with van der Waals surface area (Å²) in [5.41, 5.74) is -0.0888. The largest absolute Gasteiger partial charge is 0.329 e. The number of nitriles is 3. The lowest BCUT2D eigenvalue weighted by molar-refractivity contribution is -0.920. The number of pyridine rings is 1. The molecular formula is C20H21N6+. The van der Waals surface area contributed by atoms with Gasteiger partial charge in [-0.05, 0) is 37.1 Å². The molecule has 2 aliphatic rings. The number of nitrogens with one attached hydrogen (secondary N) is 2. The van der Waals surface area contributed by atoms with E-state index >= 15 is 0 Å². The molecule has 1 aromatic rings. The van der Waals surface area contributed by atoms with Crippen LogP contribution >= 0.6 is 0 Å². The SMILES string of the molecule is CC(C)[NH+]1CC=C2C(C#N)C(=N)C(C#N)(C#N)[C@H](c3cccnc3)[C@@H]2C1. The second kappa shape index (κ2) is 6.71. The lowest BCUT2D eigenvalue weighted by Gasteiger charge is -2.46. The summed E-state index contributed by atoms with van der Waals surface area (Å²) in [4.78, 5) is 5.52. The van der Waals surface area contributed by atoms with E-state index < -0.39 is 17.3 Å². The maximum absolute atomic E-state index is 9.95. The Bertz CT molecular complexity index is 850. The van der Waals surface area contributed by atoms with Crippen LogP contribution in [0.5, 0.6) is 0 Å². The molecular weight excluding hydrogens is 324 g/mol. The maximum Gasteiger partial charge on any atom is 0.190 e. The Kier molecular flexibility index (Phi) is 4.60. The summed E-state index contributed by atoms with van der Waals surface area (Å²) in [5.74, 6) is -1.44. The summed E-state index contributed by atoms with van der Waals surface area (Å²) in [6.07, 6.45) is 5.38. The second-order valence-electron chi connectivity index (χ2n) is 7.30. The lowest BCUT2D eigenvalue weighted by Crippen LogP contribution is -3.16. The molecule has 1 saturated carbocycles. The summed E-state index contributed by atoms with van der Waals surface area (Å²) in [6.45, 7) is 5.81. The van der Waals surface area contributed by atoms with Crippen LogP contribution < -0.4 is 4.90 Å². The van der Waals surface area contributed by atoms with E-state index in [4.69, 9.17) is 5.41 Å². The van der Waals surface area contributed by atoms with E-state index in [-0.39, 0.29) is 11.6 Å². The Labute approximate surface area is 153 Å². The Morgan fingerprint density at radius 3 is 2.58 bits per heavy atom. The molecule has 0 bridgehead atoms. The average molecular weight is 345 g/mol. The summed E-state index contributed by atoms with van der Waals surface area (Å²) < 4.78 is 0. The van der Waals surface area contributed by atoms with E-state index in [0.717, 1.165) is 24.2 Å². The highest BCUT2D eigenvalue weighted by molar-refractivity contribution is 6.00. The van der Waals surface area contributed by atoms with E-state index in [0.29, 0.717) is 6.04 Å². The minimum atomic E-state index is -1.65. The van der Waals surface area contributed by atoms with E-state index in [1.165, 1.54) is 4.90 Å². The van der Waals surface area contributed by atoms with Crippen LogP contribution in [0, 0.1) is 56.7 Å². The number of nitrogens with zero attached hydrogens (tertiary/aromatic N) is 4. The molecule has 0 aromatic carbocycles. The van der Waals surface area contributed by atoms with Crippen LogP contribution in [0.1, 0.15) is 25.3 Å². The van der Waals surface area contributed by atoms with Crippen molar-refractivity contribution in [1.29, 1.82) is 21.2 Å². The van der Waals surface area contributed by atoms with Gasteiger partial charge in [0.25, 0.3) is 0 Å². The van der Waals surface area contributed by atoms with Crippen LogP contribution in [0.25, 0.3) is 0 Å². The molecule has 1 aliphatic heterocycles. The van der Waals surface area contributed by atoms with Crippen LogP contribution in [0.2, 0.25) is 0 Å². The van der Waals surface area contributed by atoms with Gasteiger partial charge in [-0.15, -0.1) is 0 Å². The first-order valence-corrected chi connectivity index (χ1v) is 8.75. The highest BCUT2D eigenvalue weighted by Crippen LogP contribution is 2.52. The molecule has 6 heteroatoms. The second-order valence-corrected chi connectivity index (χ2v) is 7.30. The van der Waals surface area contributed by atoms with Crippen molar-refractivity contribution < 1.29 is 4.90 Å². The monoisotopic (exact) mass is 345 g/mol. The fourth-order valence-electron chi connectivity index (χ4n) is 4.33. The predicted octanol–water partition coefficient (Wildman–Crippen LogP) is 1.22. The van der Waals surface area contributed by atoms with E-state index in [9.17, 15) is 15.8 Å². The van der Waals surface area contributed by atoms with E-state index in [1.807, 2.05) is 12.1 Å². The minimum absolute atomic E-state index is 0.102. The zero-order valence-electron chi connectivity index (χ0n) is 14.9. The van der Waals surface area contributed by atoms with Crippen molar-refractivity contribution in [3.8, 4) is 18.2 Å². The van der Waals surface area contributed by atoms with Gasteiger partial charge in [-0.25, -0.2) is 0 Å². The number of fused-ring (bicyclic) bond motifs is 1. The fourth-order valence-corrected chi connectivity index (χ4v) is 4.33. The number of hydrogen-bond acceptors (Lipinski definition) is 5. The average Bonchev–Trinajstić information content (AvgIpc) is 2.67. The third-order valence-corrected chi connectivity index (χ3v) is 5.77. The van der Waals surface area contributed by atoms with Gasteiger partial charge in [0.05, 0.1) is 43.1 Å². The zero-order chi connectivity index (χ0) is 18.9. The van der Waals surface area contributed by atoms with Crippen molar-refractivity contribution in [2.45, 2.75) is 25.8 Å². The van der Waals surface area contributed by atoms with Crippen molar-refractivity contribution >= 4 is 5.71 Å². The van der Waals surface area contributed by atoms with Crippen LogP contribution in [0.3, 0.4) is 0 Å². The van der Waals surface area contributed by atoms with E-state index in [2.05, 4.69) is 37.0 Å². The third-order valence-electron chi connectivity index (χ3n) is 5.77. The predicted molar refractivity (Wildman–Crippen MR) is 94.9 cm³/mol. The molecule has 26 heavy (non-hydrogen) atoms. The van der Waals surface area contributed by atoms with Crippen LogP contribution in [0.15, 0.2) is 36.2 Å². The minimum Gasteiger partial charge on any atom is -0.329 e. The molecule has 6 nitrogen and oxygen atoms in total. The topological polar surface area (TPSA) is 113 Å². The first-order valence-electron chi connectivity index (χ1n) is 8.75. The first-order chi connectivity index (χ1) is 12.5. The summed E-state index contributed by atoms with van der Waals surface area (Å²) in [6, 6.07) is 10.4. The Morgan fingerprint density at radius 1 is 1.31 bits per heavy atom. The van der Waals surface area contributed by atoms with Crippen molar-refractivity contribution in [3.05, 3.63) is 41.7 Å². The molecule has 1 aliphatic carbocycles. The molecule has 0 spiro atoms. The fraction of sp³-hybridized carbons (Fsp3) is 0.450. The molecule has 0 radical (unpaired) electrons. The molecule has 1 aromatic heterocycles. The summed E-state index contributed by atoms with van der Waals surface area (Å²) in [5, 5.41) is 38.1. The van der Waals surface area contributed by atoms with E-state index in [1.54, 1.807) is 18.5 Å². The molecule has 2 unspecified atom stereocenters. The number of quaternary nitrogens is 1. The van der Waals surface area contributed by atoms with Gasteiger partial charge in [0.2, 0.25) is 0 Å². The van der Waals surface area contributed by atoms with Crippen molar-refractivity contribution in [2.24, 2.45) is 17.3 Å².